The van der Waals surface area contributed by atoms with Crippen LogP contribution >= 0.6 is 23.2 Å². The molecule has 0 radical (unpaired) electrons. The van der Waals surface area contributed by atoms with Crippen LogP contribution in [0, 0.1) is 0 Å². The predicted octanol–water partition coefficient (Wildman–Crippen LogP) is 2.49. The van der Waals surface area contributed by atoms with Crippen molar-refractivity contribution in [2.75, 3.05) is 25.0 Å². The summed E-state index contributed by atoms with van der Waals surface area (Å²) in [4.78, 5) is 28.9. The molecule has 0 spiro atoms. The normalized spacial score (nSPS) is 19.6. The monoisotopic (exact) mass is 419 g/mol. The molecule has 3 N–H and O–H groups in total. The number of halogens is 2. The topological polar surface area (TPSA) is 71.3 Å². The van der Waals surface area contributed by atoms with Crippen LogP contribution in [-0.4, -0.2) is 35.1 Å². The van der Waals surface area contributed by atoms with Crippen molar-refractivity contribution in [3.8, 4) is 0 Å². The molecule has 0 atom stereocenters. The summed E-state index contributed by atoms with van der Waals surface area (Å²) in [5.41, 5.74) is 2.30. The fraction of sp³-hybridized carbons (Fsp3) is 0.300. The Bertz CT molecular complexity index is 1070. The van der Waals surface area contributed by atoms with E-state index in [1.54, 1.807) is 18.2 Å². The third kappa shape index (κ3) is 3.94. The number of benzene rings is 2. The number of carbonyl (C=O) groups excluding carboxylic acids is 1. The number of quaternary nitrogens is 1. The Balaban J connectivity index is 1.37. The van der Waals surface area contributed by atoms with Crippen molar-refractivity contribution in [2.24, 2.45) is 0 Å². The highest BCUT2D eigenvalue weighted by atomic mass is 35.5. The van der Waals surface area contributed by atoms with Crippen LogP contribution in [0.4, 0.5) is 5.69 Å². The van der Waals surface area contributed by atoms with Gasteiger partial charge in [-0.1, -0.05) is 35.3 Å². The summed E-state index contributed by atoms with van der Waals surface area (Å²) >= 11 is 12.0. The summed E-state index contributed by atoms with van der Waals surface area (Å²) < 4.78 is 1.86. The van der Waals surface area contributed by atoms with E-state index in [0.29, 0.717) is 22.3 Å². The number of anilines is 1. The molecule has 1 aliphatic heterocycles. The van der Waals surface area contributed by atoms with Crippen LogP contribution in [0.15, 0.2) is 47.3 Å². The van der Waals surface area contributed by atoms with Crippen molar-refractivity contribution in [1.82, 2.24) is 9.55 Å². The van der Waals surface area contributed by atoms with E-state index in [9.17, 15) is 9.59 Å². The minimum absolute atomic E-state index is 0.0650. The molecule has 1 saturated heterocycles. The van der Waals surface area contributed by atoms with Gasteiger partial charge in [-0.15, -0.1) is 0 Å². The summed E-state index contributed by atoms with van der Waals surface area (Å²) in [5, 5.41) is 3.80. The zero-order chi connectivity index (χ0) is 19.7. The molecule has 146 valence electrons. The summed E-state index contributed by atoms with van der Waals surface area (Å²) in [6, 6.07) is 12.9. The van der Waals surface area contributed by atoms with Gasteiger partial charge >= 0.3 is 5.69 Å². The Morgan fingerprint density at radius 1 is 1.18 bits per heavy atom. The number of nitrogens with one attached hydrogen (secondary N) is 3. The van der Waals surface area contributed by atoms with Crippen LogP contribution in [0.2, 0.25) is 10.0 Å². The summed E-state index contributed by atoms with van der Waals surface area (Å²) in [5.74, 6) is -0.0815. The van der Waals surface area contributed by atoms with E-state index in [2.05, 4.69) is 10.3 Å². The zero-order valence-corrected chi connectivity index (χ0v) is 16.7. The number of rotatable bonds is 4. The molecule has 0 unspecified atom stereocenters. The van der Waals surface area contributed by atoms with Crippen LogP contribution in [0.25, 0.3) is 11.0 Å². The number of hydrogen-bond donors (Lipinski definition) is 3. The molecule has 0 saturated carbocycles. The van der Waals surface area contributed by atoms with Crippen molar-refractivity contribution < 1.29 is 9.69 Å². The molecule has 8 heteroatoms. The van der Waals surface area contributed by atoms with Gasteiger partial charge in [0.25, 0.3) is 5.91 Å². The molecule has 2 heterocycles. The number of aromatic amines is 1. The van der Waals surface area contributed by atoms with Gasteiger partial charge in [-0.05, 0) is 30.3 Å². The van der Waals surface area contributed by atoms with Gasteiger partial charge in [0.1, 0.15) is 0 Å². The number of imidazole rings is 1. The van der Waals surface area contributed by atoms with Gasteiger partial charge in [0, 0.05) is 23.9 Å². The average Bonchev–Trinajstić information content (AvgIpc) is 3.00. The second-order valence-corrected chi connectivity index (χ2v) is 7.99. The maximum atomic E-state index is 12.4. The predicted molar refractivity (Wildman–Crippen MR) is 111 cm³/mol. The van der Waals surface area contributed by atoms with Crippen molar-refractivity contribution in [3.05, 3.63) is 63.0 Å². The Hall–Kier alpha value is -2.28. The lowest BCUT2D eigenvalue weighted by Crippen LogP contribution is -3.14. The van der Waals surface area contributed by atoms with E-state index < -0.39 is 0 Å². The standard InChI is InChI=1S/C20H20Cl2N4O2/c21-13-5-6-16(15(22)11-13)23-19(27)12-25-9-7-14(8-10-25)26-18-4-2-1-3-17(18)24-20(26)28/h1-6,11,14H,7-10,12H2,(H,23,27)(H,24,28)/p+1. The first kappa shape index (κ1) is 19.1. The molecule has 4 rings (SSSR count). The summed E-state index contributed by atoms with van der Waals surface area (Å²) in [6.45, 7) is 2.03. The minimum Gasteiger partial charge on any atom is -0.327 e. The number of fused-ring (bicyclic) bond motifs is 1. The second kappa shape index (κ2) is 7.99. The summed E-state index contributed by atoms with van der Waals surface area (Å²) in [6.07, 6.45) is 1.71. The molecule has 0 aliphatic carbocycles. The third-order valence-electron chi connectivity index (χ3n) is 5.27. The van der Waals surface area contributed by atoms with Gasteiger partial charge in [-0.3, -0.25) is 9.36 Å². The molecule has 1 aliphatic rings. The van der Waals surface area contributed by atoms with Crippen molar-refractivity contribution in [3.63, 3.8) is 0 Å². The number of nitrogens with zero attached hydrogens (tertiary/aromatic N) is 1. The molecule has 2 aromatic carbocycles. The molecule has 0 bridgehead atoms. The highest BCUT2D eigenvalue weighted by Gasteiger charge is 2.27. The van der Waals surface area contributed by atoms with E-state index in [1.807, 2.05) is 28.8 Å². The molecule has 1 fully saturated rings. The van der Waals surface area contributed by atoms with E-state index >= 15 is 0 Å². The number of likely N-dealkylation sites (tertiary alicyclic amines) is 1. The largest absolute Gasteiger partial charge is 0.327 e. The molecule has 28 heavy (non-hydrogen) atoms. The number of aromatic nitrogens is 2. The number of H-pyrrole nitrogens is 1. The first-order valence-electron chi connectivity index (χ1n) is 9.29. The van der Waals surface area contributed by atoms with Crippen molar-refractivity contribution in [1.29, 1.82) is 0 Å². The molecule has 3 aromatic rings. The quantitative estimate of drug-likeness (QED) is 0.607. The van der Waals surface area contributed by atoms with Crippen LogP contribution in [0.1, 0.15) is 18.9 Å². The summed E-state index contributed by atoms with van der Waals surface area (Å²) in [7, 11) is 0. The van der Waals surface area contributed by atoms with Crippen LogP contribution in [0.5, 0.6) is 0 Å². The fourth-order valence-electron chi connectivity index (χ4n) is 3.89. The molecule has 1 amide bonds. The first-order chi connectivity index (χ1) is 13.5. The Kier molecular flexibility index (Phi) is 5.44. The first-order valence-corrected chi connectivity index (χ1v) is 10.0. The lowest BCUT2D eigenvalue weighted by atomic mass is 10.0. The van der Waals surface area contributed by atoms with Crippen LogP contribution in [-0.2, 0) is 4.79 Å². The number of para-hydroxylation sites is 2. The van der Waals surface area contributed by atoms with Crippen molar-refractivity contribution >= 4 is 45.8 Å². The molecular formula is C20H21Cl2N4O2+. The van der Waals surface area contributed by atoms with E-state index in [4.69, 9.17) is 23.2 Å². The zero-order valence-electron chi connectivity index (χ0n) is 15.2. The Morgan fingerprint density at radius 3 is 2.68 bits per heavy atom. The Morgan fingerprint density at radius 2 is 1.93 bits per heavy atom. The third-order valence-corrected chi connectivity index (χ3v) is 5.81. The van der Waals surface area contributed by atoms with Gasteiger partial charge in [-0.2, -0.15) is 0 Å². The van der Waals surface area contributed by atoms with E-state index in [-0.39, 0.29) is 17.6 Å². The van der Waals surface area contributed by atoms with Crippen molar-refractivity contribution in [2.45, 2.75) is 18.9 Å². The smallest absolute Gasteiger partial charge is 0.326 e. The van der Waals surface area contributed by atoms with Gasteiger partial charge in [0.05, 0.1) is 34.8 Å². The Labute approximate surface area is 172 Å². The SMILES string of the molecule is O=C(C[NH+]1CCC(n2c(=O)[nH]c3ccccc32)CC1)Nc1ccc(Cl)cc1Cl. The minimum atomic E-state index is -0.0815. The highest BCUT2D eigenvalue weighted by molar-refractivity contribution is 6.36. The van der Waals surface area contributed by atoms with Gasteiger partial charge in [0.2, 0.25) is 0 Å². The lowest BCUT2D eigenvalue weighted by Gasteiger charge is -2.29. The van der Waals surface area contributed by atoms with E-state index in [1.165, 1.54) is 4.90 Å². The van der Waals surface area contributed by atoms with Crippen LogP contribution < -0.4 is 15.9 Å². The molecular weight excluding hydrogens is 399 g/mol. The second-order valence-electron chi connectivity index (χ2n) is 7.15. The maximum Gasteiger partial charge on any atom is 0.326 e. The molecule has 6 nitrogen and oxygen atoms in total. The van der Waals surface area contributed by atoms with Gasteiger partial charge in [0.15, 0.2) is 6.54 Å². The van der Waals surface area contributed by atoms with Crippen LogP contribution in [0.3, 0.4) is 0 Å². The van der Waals surface area contributed by atoms with E-state index in [0.717, 1.165) is 37.0 Å². The molecule has 1 aromatic heterocycles. The van der Waals surface area contributed by atoms with Gasteiger partial charge in [-0.25, -0.2) is 4.79 Å². The lowest BCUT2D eigenvalue weighted by molar-refractivity contribution is -0.897. The maximum absolute atomic E-state index is 12.4. The van der Waals surface area contributed by atoms with Gasteiger partial charge < -0.3 is 15.2 Å². The fourth-order valence-corrected chi connectivity index (χ4v) is 4.35. The number of amides is 1. The highest BCUT2D eigenvalue weighted by Crippen LogP contribution is 2.25. The number of carbonyl (C=O) groups is 1. The number of piperidine rings is 1. The number of hydrogen-bond acceptors (Lipinski definition) is 2. The average molecular weight is 420 g/mol.